The van der Waals surface area contributed by atoms with Gasteiger partial charge in [0, 0.05) is 12.5 Å². The summed E-state index contributed by atoms with van der Waals surface area (Å²) in [7, 11) is 1.57. The zero-order chi connectivity index (χ0) is 24.1. The molecule has 0 radical (unpaired) electrons. The number of nitrogens with one attached hydrogen (secondary N) is 2. The Morgan fingerprint density at radius 2 is 1.82 bits per heavy atom. The van der Waals surface area contributed by atoms with Crippen molar-refractivity contribution in [3.05, 3.63) is 63.3 Å². The highest BCUT2D eigenvalue weighted by molar-refractivity contribution is 6.39. The molecule has 1 heterocycles. The second kappa shape index (κ2) is 10.4. The molecule has 33 heavy (non-hydrogen) atoms. The summed E-state index contributed by atoms with van der Waals surface area (Å²) in [6.45, 7) is 3.08. The maximum atomic E-state index is 12.8. The average molecular weight is 490 g/mol. The van der Waals surface area contributed by atoms with Gasteiger partial charge in [-0.15, -0.1) is 0 Å². The number of aliphatic imine (C=N–C) groups is 1. The van der Waals surface area contributed by atoms with Crippen molar-refractivity contribution in [2.45, 2.75) is 20.4 Å². The number of aryl methyl sites for hydroxylation is 1. The topological polar surface area (TPSA) is 132 Å². The van der Waals surface area contributed by atoms with Gasteiger partial charge in [-0.3, -0.25) is 14.9 Å². The Bertz CT molecular complexity index is 1200. The molecule has 1 aromatic heterocycles. The summed E-state index contributed by atoms with van der Waals surface area (Å²) >= 11 is 12.4. The molecule has 0 aliphatic carbocycles. The number of hydrogen-bond acceptors (Lipinski definition) is 6. The number of amides is 2. The summed E-state index contributed by atoms with van der Waals surface area (Å²) < 4.78 is 10.4. The van der Waals surface area contributed by atoms with Crippen LogP contribution >= 0.6 is 23.2 Å². The van der Waals surface area contributed by atoms with Gasteiger partial charge in [0.05, 0.1) is 29.4 Å². The normalized spacial score (nSPS) is 11.2. The minimum atomic E-state index is -0.516. The second-order valence-corrected chi connectivity index (χ2v) is 7.78. The molecule has 4 N–H and O–H groups in total. The smallest absolute Gasteiger partial charge is 0.263 e. The first-order chi connectivity index (χ1) is 15.7. The molecule has 9 nitrogen and oxygen atoms in total. The third kappa shape index (κ3) is 5.82. The standard InChI is InChI=1S/C22H21Cl2N5O4/c1-11-18(19(29-33-11)14-4-6-15(32-3)7-5-14)21(31)28-22(25)26-10-13-8-16(23)20(17(24)9-13)27-12(2)30/h4-9H,10H2,1-3H3,(H,27,30)(H3,25,26,28,31). The van der Waals surface area contributed by atoms with E-state index in [9.17, 15) is 9.59 Å². The van der Waals surface area contributed by atoms with Gasteiger partial charge in [0.2, 0.25) is 5.91 Å². The van der Waals surface area contributed by atoms with Crippen LogP contribution in [0.25, 0.3) is 11.3 Å². The summed E-state index contributed by atoms with van der Waals surface area (Å²) in [5.41, 5.74) is 8.14. The molecule has 172 valence electrons. The van der Waals surface area contributed by atoms with E-state index in [1.54, 1.807) is 50.4 Å². The lowest BCUT2D eigenvalue weighted by Crippen LogP contribution is -2.37. The molecule has 2 aromatic carbocycles. The molecular weight excluding hydrogens is 469 g/mol. The van der Waals surface area contributed by atoms with E-state index in [0.29, 0.717) is 34.0 Å². The van der Waals surface area contributed by atoms with Crippen LogP contribution in [0, 0.1) is 6.92 Å². The first-order valence-corrected chi connectivity index (χ1v) is 10.4. The predicted octanol–water partition coefficient (Wildman–Crippen LogP) is 4.17. The Morgan fingerprint density at radius 3 is 2.39 bits per heavy atom. The van der Waals surface area contributed by atoms with Gasteiger partial charge in [-0.1, -0.05) is 28.4 Å². The molecule has 0 aliphatic heterocycles. The van der Waals surface area contributed by atoms with Crippen LogP contribution < -0.4 is 21.1 Å². The third-order valence-corrected chi connectivity index (χ3v) is 5.13. The maximum Gasteiger partial charge on any atom is 0.263 e. The van der Waals surface area contributed by atoms with Crippen LogP contribution in [0.15, 0.2) is 45.9 Å². The number of methoxy groups -OCH3 is 1. The van der Waals surface area contributed by atoms with E-state index in [1.165, 1.54) is 6.92 Å². The highest BCUT2D eigenvalue weighted by atomic mass is 35.5. The Morgan fingerprint density at radius 1 is 1.18 bits per heavy atom. The molecule has 0 bridgehead atoms. The molecular formula is C22H21Cl2N5O4. The number of nitrogens with zero attached hydrogens (tertiary/aromatic N) is 2. The molecule has 0 spiro atoms. The fourth-order valence-corrected chi connectivity index (χ4v) is 3.62. The van der Waals surface area contributed by atoms with Gasteiger partial charge in [-0.2, -0.15) is 0 Å². The maximum absolute atomic E-state index is 12.8. The Hall–Kier alpha value is -3.56. The summed E-state index contributed by atoms with van der Waals surface area (Å²) in [4.78, 5) is 28.3. The second-order valence-electron chi connectivity index (χ2n) is 6.96. The van der Waals surface area contributed by atoms with Gasteiger partial charge < -0.3 is 20.3 Å². The molecule has 2 amide bonds. The largest absolute Gasteiger partial charge is 0.497 e. The molecule has 0 saturated heterocycles. The molecule has 0 saturated carbocycles. The number of halogens is 2. The van der Waals surface area contributed by atoms with Crippen molar-refractivity contribution < 1.29 is 18.8 Å². The Kier molecular flexibility index (Phi) is 7.57. The van der Waals surface area contributed by atoms with Crippen molar-refractivity contribution in [2.24, 2.45) is 10.7 Å². The molecule has 0 atom stereocenters. The number of benzene rings is 2. The van der Waals surface area contributed by atoms with Crippen LogP contribution in [0.2, 0.25) is 10.0 Å². The van der Waals surface area contributed by atoms with Gasteiger partial charge in [0.15, 0.2) is 5.96 Å². The highest BCUT2D eigenvalue weighted by Crippen LogP contribution is 2.32. The zero-order valence-electron chi connectivity index (χ0n) is 18.0. The number of ether oxygens (including phenoxy) is 1. The Labute approximate surface area is 199 Å². The van der Waals surface area contributed by atoms with E-state index in [0.717, 1.165) is 0 Å². The molecule has 3 aromatic rings. The van der Waals surface area contributed by atoms with Crippen LogP contribution in [0.4, 0.5) is 5.69 Å². The van der Waals surface area contributed by atoms with Crippen LogP contribution in [-0.4, -0.2) is 30.0 Å². The number of carbonyl (C=O) groups excluding carboxylic acids is 2. The minimum Gasteiger partial charge on any atom is -0.497 e. The first kappa shape index (κ1) is 24.1. The number of nitrogens with two attached hydrogens (primary N) is 1. The third-order valence-electron chi connectivity index (χ3n) is 4.53. The molecule has 11 heteroatoms. The molecule has 3 rings (SSSR count). The van der Waals surface area contributed by atoms with Crippen molar-refractivity contribution in [3.63, 3.8) is 0 Å². The van der Waals surface area contributed by atoms with Crippen LogP contribution in [0.5, 0.6) is 5.75 Å². The van der Waals surface area contributed by atoms with E-state index >= 15 is 0 Å². The van der Waals surface area contributed by atoms with Crippen molar-refractivity contribution in [1.82, 2.24) is 10.5 Å². The van der Waals surface area contributed by atoms with Gasteiger partial charge >= 0.3 is 0 Å². The SMILES string of the molecule is COc1ccc(-c2noc(C)c2C(=O)NC(N)=NCc2cc(Cl)c(NC(C)=O)c(Cl)c2)cc1. The van der Waals surface area contributed by atoms with Gasteiger partial charge in [0.25, 0.3) is 5.91 Å². The zero-order valence-corrected chi connectivity index (χ0v) is 19.5. The van der Waals surface area contributed by atoms with E-state index in [1.807, 2.05) is 0 Å². The van der Waals surface area contributed by atoms with Crippen LogP contribution in [-0.2, 0) is 11.3 Å². The fourth-order valence-electron chi connectivity index (χ4n) is 2.99. The summed E-state index contributed by atoms with van der Waals surface area (Å²) in [5, 5.41) is 9.61. The van der Waals surface area contributed by atoms with Crippen molar-refractivity contribution in [1.29, 1.82) is 0 Å². The molecule has 0 fully saturated rings. The summed E-state index contributed by atoms with van der Waals surface area (Å²) in [6, 6.07) is 10.2. The van der Waals surface area contributed by atoms with E-state index in [4.69, 9.17) is 38.2 Å². The molecule has 0 aliphatic rings. The lowest BCUT2D eigenvalue weighted by molar-refractivity contribution is -0.114. The van der Waals surface area contributed by atoms with Crippen molar-refractivity contribution in [3.8, 4) is 17.0 Å². The number of guanidine groups is 1. The lowest BCUT2D eigenvalue weighted by Gasteiger charge is -2.10. The van der Waals surface area contributed by atoms with Crippen LogP contribution in [0.1, 0.15) is 28.6 Å². The van der Waals surface area contributed by atoms with Crippen molar-refractivity contribution >= 4 is 46.7 Å². The van der Waals surface area contributed by atoms with Gasteiger partial charge in [0.1, 0.15) is 22.8 Å². The Balaban J connectivity index is 1.75. The lowest BCUT2D eigenvalue weighted by atomic mass is 10.1. The fraction of sp³-hybridized carbons (Fsp3) is 0.182. The molecule has 0 unspecified atom stereocenters. The van der Waals surface area contributed by atoms with Gasteiger partial charge in [-0.05, 0) is 48.9 Å². The number of rotatable bonds is 6. The number of aromatic nitrogens is 1. The number of hydrogen-bond donors (Lipinski definition) is 3. The van der Waals surface area contributed by atoms with E-state index < -0.39 is 5.91 Å². The minimum absolute atomic E-state index is 0.0971. The first-order valence-electron chi connectivity index (χ1n) is 9.67. The number of carbonyl (C=O) groups is 2. The van der Waals surface area contributed by atoms with Crippen LogP contribution in [0.3, 0.4) is 0 Å². The summed E-state index contributed by atoms with van der Waals surface area (Å²) in [5.74, 6) is 0.0804. The number of anilines is 1. The predicted molar refractivity (Wildman–Crippen MR) is 127 cm³/mol. The van der Waals surface area contributed by atoms with E-state index in [2.05, 4.69) is 20.8 Å². The summed E-state index contributed by atoms with van der Waals surface area (Å²) in [6.07, 6.45) is 0. The average Bonchev–Trinajstić information content (AvgIpc) is 3.16. The van der Waals surface area contributed by atoms with Gasteiger partial charge in [-0.25, -0.2) is 4.99 Å². The highest BCUT2D eigenvalue weighted by Gasteiger charge is 2.22. The van der Waals surface area contributed by atoms with E-state index in [-0.39, 0.29) is 34.0 Å². The monoisotopic (exact) mass is 489 g/mol. The quantitative estimate of drug-likeness (QED) is 0.351. The van der Waals surface area contributed by atoms with Crippen molar-refractivity contribution in [2.75, 3.05) is 12.4 Å².